The molecule has 1 atom stereocenters. The number of benzene rings is 1. The van der Waals surface area contributed by atoms with Gasteiger partial charge in [-0.15, -0.1) is 11.3 Å². The highest BCUT2D eigenvalue weighted by Gasteiger charge is 2.18. The number of halogens is 1. The fraction of sp³-hybridized carbons (Fsp3) is 0.0769. The summed E-state index contributed by atoms with van der Waals surface area (Å²) in [6.45, 7) is 0. The normalized spacial score (nSPS) is 12.5. The molecule has 3 aromatic rings. The molecule has 19 heavy (non-hydrogen) atoms. The van der Waals surface area contributed by atoms with E-state index in [4.69, 9.17) is 0 Å². The van der Waals surface area contributed by atoms with Gasteiger partial charge in [0.15, 0.2) is 0 Å². The smallest absolute Gasteiger partial charge is 0.135 e. The number of aliphatic hydroxyl groups is 1. The highest BCUT2D eigenvalue weighted by atomic mass is 79.9. The number of nitrogens with zero attached hydrogens (tertiary/aromatic N) is 3. The second kappa shape index (κ2) is 5.24. The van der Waals surface area contributed by atoms with E-state index >= 15 is 0 Å². The second-order valence-electron chi connectivity index (χ2n) is 3.93. The minimum absolute atomic E-state index is 0.534. The van der Waals surface area contributed by atoms with Gasteiger partial charge in [0.1, 0.15) is 11.8 Å². The van der Waals surface area contributed by atoms with Crippen molar-refractivity contribution < 1.29 is 5.11 Å². The first-order chi connectivity index (χ1) is 9.25. The minimum Gasteiger partial charge on any atom is -0.381 e. The Balaban J connectivity index is 1.92. The fourth-order valence-electron chi connectivity index (χ4n) is 1.72. The van der Waals surface area contributed by atoms with Gasteiger partial charge in [-0.2, -0.15) is 15.0 Å². The molecule has 96 valence electrons. The van der Waals surface area contributed by atoms with Gasteiger partial charge < -0.3 is 5.11 Å². The Bertz CT molecular complexity index is 680. The van der Waals surface area contributed by atoms with Crippen LogP contribution >= 0.6 is 27.3 Å². The van der Waals surface area contributed by atoms with Gasteiger partial charge in [-0.1, -0.05) is 18.2 Å². The Morgan fingerprint density at radius 3 is 2.68 bits per heavy atom. The number of para-hydroxylation sites is 1. The first-order valence-electron chi connectivity index (χ1n) is 5.64. The maximum absolute atomic E-state index is 10.3. The zero-order chi connectivity index (χ0) is 13.2. The molecule has 6 heteroatoms. The van der Waals surface area contributed by atoms with E-state index in [1.807, 2.05) is 41.8 Å². The lowest BCUT2D eigenvalue weighted by atomic mass is 10.2. The second-order valence-corrected chi connectivity index (χ2v) is 5.73. The Kier molecular flexibility index (Phi) is 3.46. The highest BCUT2D eigenvalue weighted by molar-refractivity contribution is 9.10. The van der Waals surface area contributed by atoms with Crippen LogP contribution in [-0.4, -0.2) is 20.1 Å². The molecule has 0 fully saturated rings. The number of hydrogen-bond acceptors (Lipinski definition) is 4. The number of rotatable bonds is 3. The van der Waals surface area contributed by atoms with Gasteiger partial charge >= 0.3 is 0 Å². The van der Waals surface area contributed by atoms with Crippen molar-refractivity contribution in [1.82, 2.24) is 15.0 Å². The molecule has 0 aliphatic carbocycles. The summed E-state index contributed by atoms with van der Waals surface area (Å²) in [6.07, 6.45) is 0.830. The third-order valence-corrected chi connectivity index (χ3v) is 4.59. The summed E-state index contributed by atoms with van der Waals surface area (Å²) in [7, 11) is 0. The number of thiophene rings is 1. The molecule has 1 aromatic carbocycles. The van der Waals surface area contributed by atoms with E-state index in [1.165, 1.54) is 16.1 Å². The Hall–Kier alpha value is -1.50. The summed E-state index contributed by atoms with van der Waals surface area (Å²) in [5.41, 5.74) is 1.40. The van der Waals surface area contributed by atoms with E-state index < -0.39 is 6.10 Å². The molecule has 2 aromatic heterocycles. The van der Waals surface area contributed by atoms with E-state index in [0.29, 0.717) is 5.69 Å². The molecular formula is C13H10BrN3OS. The topological polar surface area (TPSA) is 50.9 Å². The molecule has 1 N–H and O–H groups in total. The summed E-state index contributed by atoms with van der Waals surface area (Å²) in [5, 5.41) is 20.7. The summed E-state index contributed by atoms with van der Waals surface area (Å²) in [6, 6.07) is 11.5. The van der Waals surface area contributed by atoms with Crippen LogP contribution in [0.4, 0.5) is 0 Å². The molecule has 0 saturated heterocycles. The molecule has 0 radical (unpaired) electrons. The molecule has 0 aliphatic rings. The largest absolute Gasteiger partial charge is 0.381 e. The fourth-order valence-corrected chi connectivity index (χ4v) is 3.31. The monoisotopic (exact) mass is 335 g/mol. The zero-order valence-electron chi connectivity index (χ0n) is 9.77. The third-order valence-electron chi connectivity index (χ3n) is 2.67. The summed E-state index contributed by atoms with van der Waals surface area (Å²) < 4.78 is 0.888. The standard InChI is InChI=1S/C13H10BrN3OS/c14-10-6-7-19-13(10)12(18)11-8-15-17(16-11)9-4-2-1-3-5-9/h1-8,12,18H. The van der Waals surface area contributed by atoms with Crippen molar-refractivity contribution in [3.8, 4) is 5.69 Å². The van der Waals surface area contributed by atoms with E-state index in [9.17, 15) is 5.11 Å². The van der Waals surface area contributed by atoms with Crippen molar-refractivity contribution in [3.05, 3.63) is 63.0 Å². The Labute approximate surface area is 122 Å². The van der Waals surface area contributed by atoms with Crippen LogP contribution in [0.1, 0.15) is 16.7 Å². The molecule has 4 nitrogen and oxygen atoms in total. The summed E-state index contributed by atoms with van der Waals surface area (Å²) in [4.78, 5) is 2.35. The zero-order valence-corrected chi connectivity index (χ0v) is 12.2. The molecule has 2 heterocycles. The molecule has 0 spiro atoms. The van der Waals surface area contributed by atoms with Crippen molar-refractivity contribution in [2.75, 3.05) is 0 Å². The lowest BCUT2D eigenvalue weighted by molar-refractivity contribution is 0.218. The van der Waals surface area contributed by atoms with Gasteiger partial charge in [-0.3, -0.25) is 0 Å². The molecule has 0 amide bonds. The van der Waals surface area contributed by atoms with Crippen molar-refractivity contribution >= 4 is 27.3 Å². The highest BCUT2D eigenvalue weighted by Crippen LogP contribution is 2.32. The van der Waals surface area contributed by atoms with Gasteiger partial charge in [0, 0.05) is 4.47 Å². The summed E-state index contributed by atoms with van der Waals surface area (Å²) in [5.74, 6) is 0. The van der Waals surface area contributed by atoms with Gasteiger partial charge in [-0.05, 0) is 39.5 Å². The van der Waals surface area contributed by atoms with Crippen LogP contribution in [0.25, 0.3) is 5.69 Å². The Morgan fingerprint density at radius 1 is 1.21 bits per heavy atom. The lowest BCUT2D eigenvalue weighted by Gasteiger charge is -2.05. The number of aromatic nitrogens is 3. The SMILES string of the molecule is OC(c1cnn(-c2ccccc2)n1)c1sccc1Br. The summed E-state index contributed by atoms with van der Waals surface area (Å²) >= 11 is 4.89. The maximum atomic E-state index is 10.3. The first-order valence-corrected chi connectivity index (χ1v) is 7.31. The molecule has 0 aliphatic heterocycles. The average molecular weight is 336 g/mol. The first kappa shape index (κ1) is 12.5. The minimum atomic E-state index is -0.758. The molecular weight excluding hydrogens is 326 g/mol. The van der Waals surface area contributed by atoms with Crippen LogP contribution in [0.15, 0.2) is 52.4 Å². The Morgan fingerprint density at radius 2 is 2.00 bits per heavy atom. The molecule has 3 rings (SSSR count). The van der Waals surface area contributed by atoms with Crippen molar-refractivity contribution in [1.29, 1.82) is 0 Å². The molecule has 1 unspecified atom stereocenters. The molecule has 0 bridgehead atoms. The predicted octanol–water partition coefficient (Wildman–Crippen LogP) is 3.17. The van der Waals surface area contributed by atoms with Crippen LogP contribution in [0.5, 0.6) is 0 Å². The van der Waals surface area contributed by atoms with Crippen LogP contribution in [0, 0.1) is 0 Å². The van der Waals surface area contributed by atoms with Gasteiger partial charge in [0.2, 0.25) is 0 Å². The van der Waals surface area contributed by atoms with E-state index in [1.54, 1.807) is 6.20 Å². The van der Waals surface area contributed by atoms with Crippen LogP contribution in [0.2, 0.25) is 0 Å². The van der Waals surface area contributed by atoms with E-state index in [0.717, 1.165) is 15.0 Å². The van der Waals surface area contributed by atoms with Crippen molar-refractivity contribution in [2.45, 2.75) is 6.10 Å². The predicted molar refractivity (Wildman–Crippen MR) is 77.4 cm³/mol. The van der Waals surface area contributed by atoms with Crippen LogP contribution in [0.3, 0.4) is 0 Å². The average Bonchev–Trinajstić information content (AvgIpc) is 3.08. The van der Waals surface area contributed by atoms with E-state index in [2.05, 4.69) is 26.1 Å². The van der Waals surface area contributed by atoms with Gasteiger partial charge in [0.25, 0.3) is 0 Å². The van der Waals surface area contributed by atoms with Gasteiger partial charge in [0.05, 0.1) is 16.8 Å². The number of aliphatic hydroxyl groups excluding tert-OH is 1. The number of hydrogen-bond donors (Lipinski definition) is 1. The molecule has 0 saturated carbocycles. The van der Waals surface area contributed by atoms with E-state index in [-0.39, 0.29) is 0 Å². The lowest BCUT2D eigenvalue weighted by Crippen LogP contribution is -2.02. The maximum Gasteiger partial charge on any atom is 0.135 e. The van der Waals surface area contributed by atoms with Crippen molar-refractivity contribution in [2.24, 2.45) is 0 Å². The quantitative estimate of drug-likeness (QED) is 0.799. The van der Waals surface area contributed by atoms with Crippen LogP contribution in [-0.2, 0) is 0 Å². The van der Waals surface area contributed by atoms with Crippen molar-refractivity contribution in [3.63, 3.8) is 0 Å². The van der Waals surface area contributed by atoms with Gasteiger partial charge in [-0.25, -0.2) is 0 Å². The third kappa shape index (κ3) is 2.47. The van der Waals surface area contributed by atoms with Crippen LogP contribution < -0.4 is 0 Å².